The van der Waals surface area contributed by atoms with Crippen molar-refractivity contribution < 1.29 is 9.18 Å². The van der Waals surface area contributed by atoms with Gasteiger partial charge in [0, 0.05) is 12.6 Å². The third-order valence-corrected chi connectivity index (χ3v) is 1.50. The lowest BCUT2D eigenvalue weighted by atomic mass is 10.3. The molecule has 0 saturated heterocycles. The molecule has 5 nitrogen and oxygen atoms in total. The first-order valence-corrected chi connectivity index (χ1v) is 4.18. The van der Waals surface area contributed by atoms with Gasteiger partial charge in [-0.3, -0.25) is 4.79 Å². The standard InChI is InChI=1S/C8H10FN3O2/c1-2-3-6(13)11-7-5(9)4-10-8(14)12-7/h4H,2-3H2,1H3,(H2,10,11,12,13,14). The Kier molecular flexibility index (Phi) is 3.33. The van der Waals surface area contributed by atoms with Gasteiger partial charge < -0.3 is 10.3 Å². The highest BCUT2D eigenvalue weighted by Crippen LogP contribution is 2.05. The summed E-state index contributed by atoms with van der Waals surface area (Å²) in [6.45, 7) is 1.82. The number of nitrogens with one attached hydrogen (secondary N) is 2. The quantitative estimate of drug-likeness (QED) is 0.750. The van der Waals surface area contributed by atoms with Gasteiger partial charge in [0.15, 0.2) is 11.6 Å². The molecular formula is C8H10FN3O2. The molecule has 1 rings (SSSR count). The van der Waals surface area contributed by atoms with Gasteiger partial charge in [-0.1, -0.05) is 6.92 Å². The predicted molar refractivity (Wildman–Crippen MR) is 48.4 cm³/mol. The van der Waals surface area contributed by atoms with Crippen LogP contribution in [0.1, 0.15) is 19.8 Å². The molecule has 0 aliphatic rings. The maximum Gasteiger partial charge on any atom is 0.347 e. The predicted octanol–water partition coefficient (Wildman–Crippen LogP) is 0.648. The van der Waals surface area contributed by atoms with E-state index >= 15 is 0 Å². The number of amides is 1. The number of nitrogens with zero attached hydrogens (tertiary/aromatic N) is 1. The lowest BCUT2D eigenvalue weighted by Crippen LogP contribution is -2.19. The fourth-order valence-corrected chi connectivity index (χ4v) is 0.890. The van der Waals surface area contributed by atoms with Gasteiger partial charge in [-0.15, -0.1) is 0 Å². The number of carbonyl (C=O) groups excluding carboxylic acids is 1. The lowest BCUT2D eigenvalue weighted by Gasteiger charge is -2.02. The van der Waals surface area contributed by atoms with Crippen LogP contribution in [0.3, 0.4) is 0 Å². The molecule has 0 radical (unpaired) electrons. The van der Waals surface area contributed by atoms with E-state index in [2.05, 4.69) is 15.3 Å². The van der Waals surface area contributed by atoms with E-state index in [1.807, 2.05) is 6.92 Å². The van der Waals surface area contributed by atoms with Gasteiger partial charge in [0.2, 0.25) is 5.91 Å². The summed E-state index contributed by atoms with van der Waals surface area (Å²) in [6, 6.07) is 0. The minimum atomic E-state index is -0.756. The summed E-state index contributed by atoms with van der Waals surface area (Å²) in [5, 5.41) is 2.21. The fraction of sp³-hybridized carbons (Fsp3) is 0.375. The highest BCUT2D eigenvalue weighted by molar-refractivity contribution is 5.89. The molecule has 0 saturated carbocycles. The summed E-state index contributed by atoms with van der Waals surface area (Å²) >= 11 is 0. The van der Waals surface area contributed by atoms with Gasteiger partial charge in [0.1, 0.15) is 0 Å². The van der Waals surface area contributed by atoms with E-state index in [1.54, 1.807) is 0 Å². The number of H-pyrrole nitrogens is 1. The first kappa shape index (κ1) is 10.4. The average Bonchev–Trinajstić information content (AvgIpc) is 2.12. The van der Waals surface area contributed by atoms with Crippen molar-refractivity contribution in [2.75, 3.05) is 5.32 Å². The molecule has 6 heteroatoms. The topological polar surface area (TPSA) is 74.8 Å². The van der Waals surface area contributed by atoms with Crippen LogP contribution in [-0.2, 0) is 4.79 Å². The second kappa shape index (κ2) is 4.50. The maximum absolute atomic E-state index is 12.9. The SMILES string of the molecule is CCCC(=O)Nc1nc(=O)[nH]cc1F. The van der Waals surface area contributed by atoms with Gasteiger partial charge in [-0.2, -0.15) is 4.98 Å². The van der Waals surface area contributed by atoms with Crippen LogP contribution in [-0.4, -0.2) is 15.9 Å². The van der Waals surface area contributed by atoms with E-state index in [1.165, 1.54) is 0 Å². The molecule has 0 atom stereocenters. The molecule has 76 valence electrons. The molecule has 0 spiro atoms. The van der Waals surface area contributed by atoms with Crippen LogP contribution in [0.2, 0.25) is 0 Å². The molecule has 0 aliphatic carbocycles. The molecule has 0 bridgehead atoms. The van der Waals surface area contributed by atoms with Crippen LogP contribution in [0.15, 0.2) is 11.0 Å². The minimum Gasteiger partial charge on any atom is -0.310 e. The maximum atomic E-state index is 12.9. The molecule has 0 aromatic carbocycles. The Balaban J connectivity index is 2.80. The van der Waals surface area contributed by atoms with Gasteiger partial charge >= 0.3 is 5.69 Å². The van der Waals surface area contributed by atoms with Crippen molar-refractivity contribution in [1.82, 2.24) is 9.97 Å². The molecule has 2 N–H and O–H groups in total. The lowest BCUT2D eigenvalue weighted by molar-refractivity contribution is -0.116. The monoisotopic (exact) mass is 199 g/mol. The third kappa shape index (κ3) is 2.65. The minimum absolute atomic E-state index is 0.272. The highest BCUT2D eigenvalue weighted by Gasteiger charge is 2.07. The van der Waals surface area contributed by atoms with Gasteiger partial charge in [-0.25, -0.2) is 9.18 Å². The van der Waals surface area contributed by atoms with E-state index < -0.39 is 11.5 Å². The molecule has 0 aliphatic heterocycles. The average molecular weight is 199 g/mol. The zero-order valence-electron chi connectivity index (χ0n) is 7.63. The number of carbonyl (C=O) groups is 1. The molecule has 0 unspecified atom stereocenters. The Morgan fingerprint density at radius 1 is 1.71 bits per heavy atom. The Morgan fingerprint density at radius 3 is 3.07 bits per heavy atom. The largest absolute Gasteiger partial charge is 0.347 e. The number of aromatic amines is 1. The van der Waals surface area contributed by atoms with Crippen molar-refractivity contribution in [3.8, 4) is 0 Å². The van der Waals surface area contributed by atoms with Crippen molar-refractivity contribution in [1.29, 1.82) is 0 Å². The van der Waals surface area contributed by atoms with Crippen LogP contribution >= 0.6 is 0 Å². The van der Waals surface area contributed by atoms with Gasteiger partial charge in [-0.05, 0) is 6.42 Å². The fourth-order valence-electron chi connectivity index (χ4n) is 0.890. The smallest absolute Gasteiger partial charge is 0.310 e. The Labute approximate surface area is 79.4 Å². The van der Waals surface area contributed by atoms with E-state index in [-0.39, 0.29) is 18.1 Å². The second-order valence-electron chi connectivity index (χ2n) is 2.70. The van der Waals surface area contributed by atoms with Crippen molar-refractivity contribution in [3.63, 3.8) is 0 Å². The molecular weight excluding hydrogens is 189 g/mol. The van der Waals surface area contributed by atoms with Gasteiger partial charge in [0.05, 0.1) is 0 Å². The van der Waals surface area contributed by atoms with E-state index in [4.69, 9.17) is 0 Å². The number of aromatic nitrogens is 2. The number of halogens is 1. The third-order valence-electron chi connectivity index (χ3n) is 1.50. The molecule has 0 fully saturated rings. The Morgan fingerprint density at radius 2 is 2.43 bits per heavy atom. The van der Waals surface area contributed by atoms with Crippen LogP contribution in [0, 0.1) is 5.82 Å². The first-order valence-electron chi connectivity index (χ1n) is 4.18. The normalized spacial score (nSPS) is 9.86. The molecule has 1 aromatic heterocycles. The molecule has 14 heavy (non-hydrogen) atoms. The molecule has 1 heterocycles. The van der Waals surface area contributed by atoms with Crippen molar-refractivity contribution in [3.05, 3.63) is 22.5 Å². The van der Waals surface area contributed by atoms with Crippen molar-refractivity contribution >= 4 is 11.7 Å². The van der Waals surface area contributed by atoms with Crippen LogP contribution in [0.4, 0.5) is 10.2 Å². The van der Waals surface area contributed by atoms with Crippen LogP contribution in [0.25, 0.3) is 0 Å². The van der Waals surface area contributed by atoms with Gasteiger partial charge in [0.25, 0.3) is 0 Å². The Hall–Kier alpha value is -1.72. The number of hydrogen-bond acceptors (Lipinski definition) is 3. The van der Waals surface area contributed by atoms with E-state index in [9.17, 15) is 14.0 Å². The zero-order chi connectivity index (χ0) is 10.6. The summed E-state index contributed by atoms with van der Waals surface area (Å²) in [7, 11) is 0. The molecule has 1 aromatic rings. The van der Waals surface area contributed by atoms with Crippen molar-refractivity contribution in [2.45, 2.75) is 19.8 Å². The second-order valence-corrected chi connectivity index (χ2v) is 2.70. The van der Waals surface area contributed by atoms with Crippen LogP contribution < -0.4 is 11.0 Å². The number of anilines is 1. The summed E-state index contributed by atoms with van der Waals surface area (Å²) in [4.78, 5) is 27.1. The zero-order valence-corrected chi connectivity index (χ0v) is 7.63. The summed E-state index contributed by atoms with van der Waals surface area (Å²) in [5.41, 5.74) is -0.696. The van der Waals surface area contributed by atoms with E-state index in [0.29, 0.717) is 6.42 Å². The Bertz CT molecular complexity index is 388. The number of hydrogen-bond donors (Lipinski definition) is 2. The summed E-state index contributed by atoms with van der Waals surface area (Å²) < 4.78 is 12.9. The van der Waals surface area contributed by atoms with Crippen molar-refractivity contribution in [2.24, 2.45) is 0 Å². The van der Waals surface area contributed by atoms with Crippen LogP contribution in [0.5, 0.6) is 0 Å². The molecule has 1 amide bonds. The summed E-state index contributed by atoms with van der Waals surface area (Å²) in [5.74, 6) is -1.44. The first-order chi connectivity index (χ1) is 6.63. The summed E-state index contributed by atoms with van der Waals surface area (Å²) in [6.07, 6.45) is 1.78. The number of rotatable bonds is 3. The van der Waals surface area contributed by atoms with E-state index in [0.717, 1.165) is 6.20 Å². The highest BCUT2D eigenvalue weighted by atomic mass is 19.1.